The van der Waals surface area contributed by atoms with Crippen LogP contribution in [0.15, 0.2) is 59.5 Å². The summed E-state index contributed by atoms with van der Waals surface area (Å²) in [6.07, 6.45) is -1.87. The summed E-state index contributed by atoms with van der Waals surface area (Å²) < 4.78 is 32.2. The highest BCUT2D eigenvalue weighted by Crippen LogP contribution is 2.25. The molecule has 0 spiro atoms. The number of nitrogens with zero attached hydrogens (tertiary/aromatic N) is 2. The predicted octanol–water partition coefficient (Wildman–Crippen LogP) is 3.83. The van der Waals surface area contributed by atoms with Gasteiger partial charge in [-0.05, 0) is 17.7 Å². The first kappa shape index (κ1) is 19.0. The Labute approximate surface area is 158 Å². The van der Waals surface area contributed by atoms with Crippen molar-refractivity contribution in [2.75, 3.05) is 0 Å². The summed E-state index contributed by atoms with van der Waals surface area (Å²) in [6, 6.07) is 12.6. The van der Waals surface area contributed by atoms with E-state index in [1.807, 2.05) is 0 Å². The summed E-state index contributed by atoms with van der Waals surface area (Å²) in [5, 5.41) is 0.378. The molecule has 0 bridgehead atoms. The van der Waals surface area contributed by atoms with Gasteiger partial charge in [-0.25, -0.2) is 13.8 Å². The molecular formula is C19H15ClF2N2O3. The zero-order valence-electron chi connectivity index (χ0n) is 14.0. The van der Waals surface area contributed by atoms with Gasteiger partial charge >= 0.3 is 5.97 Å². The molecule has 0 saturated heterocycles. The van der Waals surface area contributed by atoms with Crippen LogP contribution in [0.2, 0.25) is 5.02 Å². The summed E-state index contributed by atoms with van der Waals surface area (Å²) in [5.41, 5.74) is 0.620. The Morgan fingerprint density at radius 2 is 1.93 bits per heavy atom. The summed E-state index contributed by atoms with van der Waals surface area (Å²) in [4.78, 5) is 28.7. The van der Waals surface area contributed by atoms with E-state index >= 15 is 0 Å². The second-order valence-electron chi connectivity index (χ2n) is 5.86. The highest BCUT2D eigenvalue weighted by molar-refractivity contribution is 6.30. The first-order chi connectivity index (χ1) is 12.9. The minimum Gasteiger partial charge on any atom is -0.459 e. The molecule has 27 heavy (non-hydrogen) atoms. The molecule has 1 aromatic carbocycles. The van der Waals surface area contributed by atoms with Crippen molar-refractivity contribution in [3.63, 3.8) is 0 Å². The number of carbonyl (C=O) groups is 1. The molecule has 1 unspecified atom stereocenters. The van der Waals surface area contributed by atoms with Crippen molar-refractivity contribution in [3.05, 3.63) is 81.4 Å². The molecule has 0 radical (unpaired) electrons. The lowest BCUT2D eigenvalue weighted by Gasteiger charge is -2.16. The molecule has 5 nitrogen and oxygen atoms in total. The second kappa shape index (κ2) is 8.26. The Kier molecular flexibility index (Phi) is 5.81. The number of esters is 1. The van der Waals surface area contributed by atoms with Gasteiger partial charge in [0.2, 0.25) is 6.43 Å². The van der Waals surface area contributed by atoms with Crippen LogP contribution in [0, 0.1) is 0 Å². The first-order valence-electron chi connectivity index (χ1n) is 8.11. The minimum absolute atomic E-state index is 0.222. The molecule has 0 N–H and O–H groups in total. The van der Waals surface area contributed by atoms with Crippen molar-refractivity contribution >= 4 is 23.2 Å². The smallest absolute Gasteiger partial charge is 0.314 e. The number of benzene rings is 1. The van der Waals surface area contributed by atoms with E-state index in [1.165, 1.54) is 16.7 Å². The number of hydrogen-bond donors (Lipinski definition) is 0. The van der Waals surface area contributed by atoms with Gasteiger partial charge in [-0.2, -0.15) is 0 Å². The monoisotopic (exact) mass is 392 g/mol. The Bertz CT molecular complexity index is 1010. The van der Waals surface area contributed by atoms with Crippen molar-refractivity contribution < 1.29 is 18.3 Å². The summed E-state index contributed by atoms with van der Waals surface area (Å²) >= 11 is 5.85. The molecular weight excluding hydrogens is 378 g/mol. The van der Waals surface area contributed by atoms with Crippen molar-refractivity contribution in [1.29, 1.82) is 0 Å². The summed E-state index contributed by atoms with van der Waals surface area (Å²) in [6.45, 7) is -0.292. The molecule has 0 aliphatic carbocycles. The van der Waals surface area contributed by atoms with E-state index in [2.05, 4.69) is 4.98 Å². The van der Waals surface area contributed by atoms with Gasteiger partial charge < -0.3 is 4.74 Å². The van der Waals surface area contributed by atoms with Crippen LogP contribution in [-0.4, -0.2) is 21.8 Å². The third-order valence-corrected chi connectivity index (χ3v) is 4.16. The van der Waals surface area contributed by atoms with E-state index in [0.29, 0.717) is 16.2 Å². The SMILES string of the molecule is O=C(OCc1cc(=O)n2cc(Cl)ccc2n1)C(CC(F)F)c1ccccc1. The van der Waals surface area contributed by atoms with Crippen molar-refractivity contribution in [3.8, 4) is 0 Å². The number of alkyl halides is 2. The molecule has 8 heteroatoms. The minimum atomic E-state index is -2.66. The number of pyridine rings is 1. The van der Waals surface area contributed by atoms with E-state index in [4.69, 9.17) is 16.3 Å². The lowest BCUT2D eigenvalue weighted by atomic mass is 9.96. The van der Waals surface area contributed by atoms with Crippen LogP contribution in [0.1, 0.15) is 23.6 Å². The number of hydrogen-bond acceptors (Lipinski definition) is 4. The topological polar surface area (TPSA) is 60.7 Å². The maximum absolute atomic E-state index is 12.9. The van der Waals surface area contributed by atoms with Crippen LogP contribution < -0.4 is 5.56 Å². The molecule has 0 saturated carbocycles. The van der Waals surface area contributed by atoms with E-state index in [1.54, 1.807) is 42.5 Å². The van der Waals surface area contributed by atoms with Crippen molar-refractivity contribution in [2.45, 2.75) is 25.4 Å². The van der Waals surface area contributed by atoms with Crippen LogP contribution in [0.25, 0.3) is 5.65 Å². The van der Waals surface area contributed by atoms with E-state index in [-0.39, 0.29) is 17.9 Å². The number of ether oxygens (including phenoxy) is 1. The van der Waals surface area contributed by atoms with Crippen LogP contribution in [0.3, 0.4) is 0 Å². The molecule has 3 rings (SSSR count). The summed E-state index contributed by atoms with van der Waals surface area (Å²) in [5.74, 6) is -1.88. The molecule has 2 aromatic heterocycles. The average Bonchev–Trinajstić information content (AvgIpc) is 2.65. The fourth-order valence-corrected chi connectivity index (χ4v) is 2.84. The van der Waals surface area contributed by atoms with Crippen molar-refractivity contribution in [2.24, 2.45) is 0 Å². The van der Waals surface area contributed by atoms with E-state index < -0.39 is 24.7 Å². The lowest BCUT2D eigenvalue weighted by Crippen LogP contribution is -2.20. The normalized spacial score (nSPS) is 12.3. The van der Waals surface area contributed by atoms with Gasteiger partial charge in [-0.15, -0.1) is 0 Å². The number of carbonyl (C=O) groups excluding carboxylic acids is 1. The van der Waals surface area contributed by atoms with Gasteiger partial charge in [0.15, 0.2) is 0 Å². The third kappa shape index (κ3) is 4.68. The Morgan fingerprint density at radius 3 is 2.63 bits per heavy atom. The molecule has 3 aromatic rings. The Balaban J connectivity index is 1.78. The Hall–Kier alpha value is -2.80. The fraction of sp³-hybridized carbons (Fsp3) is 0.211. The molecule has 2 heterocycles. The molecule has 0 amide bonds. The fourth-order valence-electron chi connectivity index (χ4n) is 2.68. The molecule has 1 atom stereocenters. The summed E-state index contributed by atoms with van der Waals surface area (Å²) in [7, 11) is 0. The number of halogens is 3. The van der Waals surface area contributed by atoms with Crippen molar-refractivity contribution in [1.82, 2.24) is 9.38 Å². The van der Waals surface area contributed by atoms with Gasteiger partial charge in [0.05, 0.1) is 16.6 Å². The number of rotatable bonds is 6. The molecule has 140 valence electrons. The van der Waals surface area contributed by atoms with Crippen LogP contribution in [-0.2, 0) is 16.1 Å². The number of fused-ring (bicyclic) bond motifs is 1. The highest BCUT2D eigenvalue weighted by Gasteiger charge is 2.26. The van der Waals surface area contributed by atoms with E-state index in [0.717, 1.165) is 0 Å². The highest BCUT2D eigenvalue weighted by atomic mass is 35.5. The Morgan fingerprint density at radius 1 is 1.19 bits per heavy atom. The third-order valence-electron chi connectivity index (χ3n) is 3.94. The van der Waals surface area contributed by atoms with Gasteiger partial charge in [0.25, 0.3) is 5.56 Å². The second-order valence-corrected chi connectivity index (χ2v) is 6.30. The van der Waals surface area contributed by atoms with Gasteiger partial charge in [-0.1, -0.05) is 41.9 Å². The maximum Gasteiger partial charge on any atom is 0.314 e. The lowest BCUT2D eigenvalue weighted by molar-refractivity contribution is -0.148. The quantitative estimate of drug-likeness (QED) is 0.598. The predicted molar refractivity (Wildman–Crippen MR) is 96.1 cm³/mol. The van der Waals surface area contributed by atoms with Gasteiger partial charge in [0, 0.05) is 18.7 Å². The molecule has 0 fully saturated rings. The zero-order valence-corrected chi connectivity index (χ0v) is 14.8. The van der Waals surface area contributed by atoms with Gasteiger partial charge in [0.1, 0.15) is 12.3 Å². The average molecular weight is 393 g/mol. The largest absolute Gasteiger partial charge is 0.459 e. The van der Waals surface area contributed by atoms with E-state index in [9.17, 15) is 18.4 Å². The van der Waals surface area contributed by atoms with Crippen LogP contribution in [0.4, 0.5) is 8.78 Å². The standard InChI is InChI=1S/C19H15ClF2N2O3/c20-13-6-7-17-23-14(8-18(25)24(17)10-13)11-27-19(26)15(9-16(21)22)12-4-2-1-3-5-12/h1-8,10,15-16H,9,11H2. The maximum atomic E-state index is 12.9. The molecule has 0 aliphatic rings. The van der Waals surface area contributed by atoms with Crippen LogP contribution in [0.5, 0.6) is 0 Å². The number of aromatic nitrogens is 2. The zero-order chi connectivity index (χ0) is 19.4. The van der Waals surface area contributed by atoms with Crippen LogP contribution >= 0.6 is 11.6 Å². The molecule has 0 aliphatic heterocycles. The van der Waals surface area contributed by atoms with Gasteiger partial charge in [-0.3, -0.25) is 14.0 Å². The first-order valence-corrected chi connectivity index (χ1v) is 8.49.